The van der Waals surface area contributed by atoms with Gasteiger partial charge in [0.15, 0.2) is 0 Å². The minimum atomic E-state index is -1.14. The molecule has 0 saturated carbocycles. The van der Waals surface area contributed by atoms with Crippen LogP contribution in [0.4, 0.5) is 0 Å². The van der Waals surface area contributed by atoms with Gasteiger partial charge < -0.3 is 14.2 Å². The van der Waals surface area contributed by atoms with Crippen LogP contribution in [0.3, 0.4) is 0 Å². The van der Waals surface area contributed by atoms with Crippen molar-refractivity contribution in [1.82, 2.24) is 0 Å². The number of carbonyl (C=O) groups excluding carboxylic acids is 1. The van der Waals surface area contributed by atoms with Crippen LogP contribution in [0.1, 0.15) is 129 Å². The van der Waals surface area contributed by atoms with Crippen molar-refractivity contribution in [2.45, 2.75) is 135 Å². The second kappa shape index (κ2) is 28.3. The van der Waals surface area contributed by atoms with Gasteiger partial charge in [0.05, 0.1) is 31.7 Å². The van der Waals surface area contributed by atoms with Crippen molar-refractivity contribution in [3.8, 4) is 0 Å². The number of Topliss-reactive ketones (excluding diaryl/α,β-unsaturated/α-hetero) is 1. The van der Waals surface area contributed by atoms with E-state index in [0.29, 0.717) is 45.9 Å². The predicted octanol–water partition coefficient (Wildman–Crippen LogP) is 7.41. The number of unbranched alkanes of at least 4 members (excludes halogenated alkanes) is 14. The summed E-state index contributed by atoms with van der Waals surface area (Å²) in [4.78, 5) is 12.5. The SMILES string of the molecule is CCCCCCCCCCCC(=O)C(CCOCCOCCOCCCCCCCCC)S(C)=O. The van der Waals surface area contributed by atoms with Crippen LogP contribution < -0.4 is 0 Å². The molecule has 0 aromatic carbocycles. The molecule has 0 aliphatic heterocycles. The summed E-state index contributed by atoms with van der Waals surface area (Å²) in [5, 5.41) is -0.398. The second-order valence-electron chi connectivity index (χ2n) is 9.78. The topological polar surface area (TPSA) is 61.8 Å². The number of ketones is 1. The number of rotatable bonds is 29. The summed E-state index contributed by atoms with van der Waals surface area (Å²) in [5.41, 5.74) is 0. The fourth-order valence-corrected chi connectivity index (χ4v) is 5.09. The predicted molar refractivity (Wildman–Crippen MR) is 150 cm³/mol. The third-order valence-corrected chi connectivity index (χ3v) is 7.75. The number of ether oxygens (including phenoxy) is 3. The van der Waals surface area contributed by atoms with Gasteiger partial charge in [-0.2, -0.15) is 0 Å². The summed E-state index contributed by atoms with van der Waals surface area (Å²) in [6.45, 7) is 7.97. The average molecular weight is 519 g/mol. The lowest BCUT2D eigenvalue weighted by Gasteiger charge is -2.13. The molecule has 0 rings (SSSR count). The van der Waals surface area contributed by atoms with E-state index in [2.05, 4.69) is 13.8 Å². The van der Waals surface area contributed by atoms with E-state index in [4.69, 9.17) is 14.2 Å². The summed E-state index contributed by atoms with van der Waals surface area (Å²) >= 11 is 0. The van der Waals surface area contributed by atoms with Gasteiger partial charge >= 0.3 is 0 Å². The van der Waals surface area contributed by atoms with Crippen LogP contribution in [0.15, 0.2) is 0 Å². The Morgan fingerprint density at radius 1 is 0.571 bits per heavy atom. The first-order valence-corrected chi connectivity index (χ1v) is 16.3. The van der Waals surface area contributed by atoms with E-state index in [0.717, 1.165) is 25.9 Å². The van der Waals surface area contributed by atoms with Crippen molar-refractivity contribution in [1.29, 1.82) is 0 Å². The summed E-state index contributed by atoms with van der Waals surface area (Å²) in [5.74, 6) is 0.131. The zero-order valence-corrected chi connectivity index (χ0v) is 24.3. The number of hydrogen-bond acceptors (Lipinski definition) is 5. The molecule has 2 atom stereocenters. The summed E-state index contributed by atoms with van der Waals surface area (Å²) in [6, 6.07) is 0. The molecule has 0 heterocycles. The lowest BCUT2D eigenvalue weighted by atomic mass is 10.0. The normalized spacial score (nSPS) is 13.2. The molecule has 0 aliphatic rings. The van der Waals surface area contributed by atoms with E-state index in [9.17, 15) is 9.00 Å². The van der Waals surface area contributed by atoms with Gasteiger partial charge in [-0.3, -0.25) is 9.00 Å². The van der Waals surface area contributed by atoms with Gasteiger partial charge in [-0.05, 0) is 19.3 Å². The maximum atomic E-state index is 12.5. The van der Waals surface area contributed by atoms with Gasteiger partial charge in [0.1, 0.15) is 5.78 Å². The first-order chi connectivity index (χ1) is 17.1. The molecule has 0 aromatic rings. The van der Waals surface area contributed by atoms with Gasteiger partial charge in [-0.25, -0.2) is 0 Å². The summed E-state index contributed by atoms with van der Waals surface area (Å²) in [6.07, 6.45) is 22.9. The molecular weight excluding hydrogens is 460 g/mol. The van der Waals surface area contributed by atoms with Crippen LogP contribution in [0.25, 0.3) is 0 Å². The van der Waals surface area contributed by atoms with Crippen molar-refractivity contribution in [2.75, 3.05) is 45.9 Å². The maximum Gasteiger partial charge on any atom is 0.148 e. The van der Waals surface area contributed by atoms with Crippen LogP contribution in [0.2, 0.25) is 0 Å². The zero-order valence-electron chi connectivity index (χ0n) is 23.5. The number of carbonyl (C=O) groups is 1. The molecular formula is C29H58O5S. The quantitative estimate of drug-likeness (QED) is 0.0964. The van der Waals surface area contributed by atoms with Crippen LogP contribution in [-0.2, 0) is 29.8 Å². The van der Waals surface area contributed by atoms with E-state index in [-0.39, 0.29) is 5.78 Å². The lowest BCUT2D eigenvalue weighted by molar-refractivity contribution is -0.119. The van der Waals surface area contributed by atoms with Gasteiger partial charge in [-0.15, -0.1) is 0 Å². The molecule has 5 nitrogen and oxygen atoms in total. The molecule has 0 amide bonds. The van der Waals surface area contributed by atoms with Crippen LogP contribution in [-0.4, -0.2) is 61.1 Å². The molecule has 0 bridgehead atoms. The van der Waals surface area contributed by atoms with Crippen molar-refractivity contribution in [2.24, 2.45) is 0 Å². The van der Waals surface area contributed by atoms with Crippen LogP contribution in [0, 0.1) is 0 Å². The smallest absolute Gasteiger partial charge is 0.148 e. The molecule has 0 fully saturated rings. The highest BCUT2D eigenvalue weighted by Gasteiger charge is 2.21. The van der Waals surface area contributed by atoms with E-state index in [1.807, 2.05) is 0 Å². The highest BCUT2D eigenvalue weighted by atomic mass is 32.2. The fraction of sp³-hybridized carbons (Fsp3) is 0.966. The Balaban J connectivity index is 3.54. The Morgan fingerprint density at radius 2 is 0.971 bits per heavy atom. The van der Waals surface area contributed by atoms with E-state index < -0.39 is 16.0 Å². The number of hydrogen-bond donors (Lipinski definition) is 0. The second-order valence-corrected chi connectivity index (χ2v) is 11.3. The summed E-state index contributed by atoms with van der Waals surface area (Å²) < 4.78 is 28.8. The third kappa shape index (κ3) is 25.1. The molecule has 0 N–H and O–H groups in total. The fourth-order valence-electron chi connectivity index (χ4n) is 4.18. The molecule has 35 heavy (non-hydrogen) atoms. The van der Waals surface area contributed by atoms with Gasteiger partial charge in [0.2, 0.25) is 0 Å². The lowest BCUT2D eigenvalue weighted by Crippen LogP contribution is -2.27. The monoisotopic (exact) mass is 518 g/mol. The van der Waals surface area contributed by atoms with Gasteiger partial charge in [0, 0.05) is 36.7 Å². The molecule has 0 aromatic heterocycles. The van der Waals surface area contributed by atoms with E-state index >= 15 is 0 Å². The van der Waals surface area contributed by atoms with Crippen molar-refractivity contribution >= 4 is 16.6 Å². The molecule has 0 spiro atoms. The molecule has 0 saturated heterocycles. The maximum absolute atomic E-state index is 12.5. The minimum Gasteiger partial charge on any atom is -0.379 e. The Bertz CT molecular complexity index is 472. The molecule has 210 valence electrons. The molecule has 0 aliphatic carbocycles. The Kier molecular flexibility index (Phi) is 28.0. The Labute approximate surface area is 220 Å². The van der Waals surface area contributed by atoms with E-state index in [1.54, 1.807) is 6.26 Å². The van der Waals surface area contributed by atoms with Crippen molar-refractivity contribution in [3.63, 3.8) is 0 Å². The Hall–Kier alpha value is -0.300. The highest BCUT2D eigenvalue weighted by molar-refractivity contribution is 7.85. The average Bonchev–Trinajstić information content (AvgIpc) is 2.84. The standard InChI is InChI=1S/C29H58O5S/c1-4-6-8-10-12-13-14-16-18-20-28(30)29(35(3)31)21-23-33-25-27-34-26-24-32-22-19-17-15-11-9-7-5-2/h29H,4-27H2,1-3H3. The minimum absolute atomic E-state index is 0.131. The first-order valence-electron chi connectivity index (χ1n) is 14.7. The largest absolute Gasteiger partial charge is 0.379 e. The Morgan fingerprint density at radius 3 is 1.46 bits per heavy atom. The van der Waals surface area contributed by atoms with Gasteiger partial charge in [0.25, 0.3) is 0 Å². The van der Waals surface area contributed by atoms with Crippen LogP contribution in [0.5, 0.6) is 0 Å². The zero-order chi connectivity index (χ0) is 25.8. The molecule has 2 unspecified atom stereocenters. The summed E-state index contributed by atoms with van der Waals surface area (Å²) in [7, 11) is -1.14. The van der Waals surface area contributed by atoms with Crippen LogP contribution >= 0.6 is 0 Å². The van der Waals surface area contributed by atoms with Gasteiger partial charge in [-0.1, -0.05) is 104 Å². The van der Waals surface area contributed by atoms with Crippen molar-refractivity contribution in [3.05, 3.63) is 0 Å². The molecule has 6 heteroatoms. The van der Waals surface area contributed by atoms with E-state index in [1.165, 1.54) is 83.5 Å². The van der Waals surface area contributed by atoms with Crippen molar-refractivity contribution < 1.29 is 23.2 Å². The first kappa shape index (κ1) is 34.7. The third-order valence-electron chi connectivity index (χ3n) is 6.45. The highest BCUT2D eigenvalue weighted by Crippen LogP contribution is 2.13. The molecule has 0 radical (unpaired) electrons.